The summed E-state index contributed by atoms with van der Waals surface area (Å²) in [5.74, 6) is 3.28. The van der Waals surface area contributed by atoms with E-state index in [0.717, 1.165) is 25.7 Å². The van der Waals surface area contributed by atoms with E-state index < -0.39 is 0 Å². The lowest BCUT2D eigenvalue weighted by Crippen LogP contribution is -2.53. The lowest BCUT2D eigenvalue weighted by Gasteiger charge is -2.58. The molecule has 22 heavy (non-hydrogen) atoms. The minimum Gasteiger partial charge on any atom is -0.299 e. The van der Waals surface area contributed by atoms with E-state index in [1.807, 2.05) is 6.08 Å². The zero-order valence-electron chi connectivity index (χ0n) is 14.2. The van der Waals surface area contributed by atoms with Crippen molar-refractivity contribution in [1.29, 1.82) is 0 Å². The van der Waals surface area contributed by atoms with Gasteiger partial charge in [0.25, 0.3) is 0 Å². The molecule has 0 aromatic carbocycles. The van der Waals surface area contributed by atoms with E-state index in [2.05, 4.69) is 20.8 Å². The number of hydrogen-bond acceptors (Lipinski definition) is 2. The van der Waals surface area contributed by atoms with Crippen LogP contribution in [0.2, 0.25) is 0 Å². The summed E-state index contributed by atoms with van der Waals surface area (Å²) < 4.78 is 0. The van der Waals surface area contributed by atoms with Crippen molar-refractivity contribution >= 4 is 11.6 Å². The van der Waals surface area contributed by atoms with Crippen LogP contribution in [0.1, 0.15) is 65.7 Å². The van der Waals surface area contributed by atoms with Crippen molar-refractivity contribution in [3.63, 3.8) is 0 Å². The van der Waals surface area contributed by atoms with Crippen molar-refractivity contribution in [1.82, 2.24) is 0 Å². The molecule has 0 bridgehead atoms. The van der Waals surface area contributed by atoms with Gasteiger partial charge in [0.2, 0.25) is 0 Å². The van der Waals surface area contributed by atoms with Crippen LogP contribution >= 0.6 is 0 Å². The fourth-order valence-corrected chi connectivity index (χ4v) is 6.71. The Hall–Kier alpha value is -0.920. The van der Waals surface area contributed by atoms with Gasteiger partial charge in [0.15, 0.2) is 5.78 Å². The molecule has 0 radical (unpaired) electrons. The molecule has 4 rings (SSSR count). The van der Waals surface area contributed by atoms with E-state index in [-0.39, 0.29) is 10.8 Å². The Morgan fingerprint density at radius 1 is 1.05 bits per heavy atom. The van der Waals surface area contributed by atoms with E-state index in [9.17, 15) is 9.59 Å². The summed E-state index contributed by atoms with van der Waals surface area (Å²) in [7, 11) is 0. The van der Waals surface area contributed by atoms with Crippen LogP contribution in [0.15, 0.2) is 11.6 Å². The standard InChI is InChI=1S/C20H28O2/c1-12-10-14(21)11-13-4-5-15-16-6-7-18(22)19(16,2)9-8-17(15)20(12,13)3/h11-12,15-17H,4-10H2,1-3H3/t12-,15+,16+,17+,19+,20+/m1/s1. The van der Waals surface area contributed by atoms with Gasteiger partial charge in [-0.1, -0.05) is 26.3 Å². The first kappa shape index (κ1) is 14.7. The van der Waals surface area contributed by atoms with Crippen molar-refractivity contribution in [3.05, 3.63) is 11.6 Å². The van der Waals surface area contributed by atoms with E-state index in [1.165, 1.54) is 18.4 Å². The normalized spacial score (nSPS) is 51.0. The summed E-state index contributed by atoms with van der Waals surface area (Å²) in [4.78, 5) is 24.4. The lowest BCUT2D eigenvalue weighted by atomic mass is 9.45. The largest absolute Gasteiger partial charge is 0.299 e. The van der Waals surface area contributed by atoms with E-state index in [0.29, 0.717) is 41.7 Å². The lowest BCUT2D eigenvalue weighted by molar-refractivity contribution is -0.133. The predicted octanol–water partition coefficient (Wildman–Crippen LogP) is 4.33. The summed E-state index contributed by atoms with van der Waals surface area (Å²) in [5, 5.41) is 0. The minimum absolute atomic E-state index is 0.0352. The number of fused-ring (bicyclic) bond motifs is 5. The molecule has 3 saturated carbocycles. The Labute approximate surface area is 133 Å². The highest BCUT2D eigenvalue weighted by Gasteiger charge is 2.60. The van der Waals surface area contributed by atoms with Gasteiger partial charge in [-0.05, 0) is 67.3 Å². The van der Waals surface area contributed by atoms with Crippen molar-refractivity contribution in [2.24, 2.45) is 34.5 Å². The van der Waals surface area contributed by atoms with Crippen LogP contribution in [-0.4, -0.2) is 11.6 Å². The molecule has 0 aromatic rings. The molecule has 2 heteroatoms. The van der Waals surface area contributed by atoms with Crippen molar-refractivity contribution in [2.45, 2.75) is 65.7 Å². The van der Waals surface area contributed by atoms with Crippen molar-refractivity contribution in [2.75, 3.05) is 0 Å². The summed E-state index contributed by atoms with van der Waals surface area (Å²) in [6, 6.07) is 0. The Kier molecular flexibility index (Phi) is 3.03. The number of hydrogen-bond donors (Lipinski definition) is 0. The molecule has 0 heterocycles. The van der Waals surface area contributed by atoms with Gasteiger partial charge in [-0.2, -0.15) is 0 Å². The molecule has 4 aliphatic rings. The van der Waals surface area contributed by atoms with E-state index in [4.69, 9.17) is 0 Å². The fraction of sp³-hybridized carbons (Fsp3) is 0.800. The Morgan fingerprint density at radius 2 is 1.82 bits per heavy atom. The molecular formula is C20H28O2. The molecule has 0 amide bonds. The van der Waals surface area contributed by atoms with Gasteiger partial charge in [-0.25, -0.2) is 0 Å². The second-order valence-corrected chi connectivity index (χ2v) is 8.86. The van der Waals surface area contributed by atoms with E-state index in [1.54, 1.807) is 0 Å². The number of rotatable bonds is 0. The Bertz CT molecular complexity index is 574. The second kappa shape index (κ2) is 4.55. The zero-order chi connectivity index (χ0) is 15.7. The van der Waals surface area contributed by atoms with Crippen LogP contribution in [0.4, 0.5) is 0 Å². The maximum Gasteiger partial charge on any atom is 0.155 e. The highest BCUT2D eigenvalue weighted by molar-refractivity contribution is 5.92. The number of Topliss-reactive ketones (excluding diaryl/α,β-unsaturated/α-hetero) is 1. The van der Waals surface area contributed by atoms with E-state index >= 15 is 0 Å². The molecule has 6 atom stereocenters. The highest BCUT2D eigenvalue weighted by Crippen LogP contribution is 2.65. The summed E-state index contributed by atoms with van der Waals surface area (Å²) in [6.07, 6.45) is 9.12. The van der Waals surface area contributed by atoms with Crippen LogP contribution in [0.5, 0.6) is 0 Å². The van der Waals surface area contributed by atoms with Gasteiger partial charge >= 0.3 is 0 Å². The molecule has 0 spiro atoms. The molecule has 4 aliphatic carbocycles. The summed E-state index contributed by atoms with van der Waals surface area (Å²) in [5.41, 5.74) is 1.58. The fourth-order valence-electron chi connectivity index (χ4n) is 6.71. The SMILES string of the molecule is C[C@@H]1CC(=O)C=C2CC[C@@H]3[C@H](CC[C@]4(C)C(=O)CC[C@@H]34)[C@]21C. The average molecular weight is 300 g/mol. The maximum atomic E-state index is 12.4. The monoisotopic (exact) mass is 300 g/mol. The van der Waals surface area contributed by atoms with Gasteiger partial charge < -0.3 is 0 Å². The third-order valence-electron chi connectivity index (χ3n) is 8.22. The van der Waals surface area contributed by atoms with Gasteiger partial charge in [-0.3, -0.25) is 9.59 Å². The smallest absolute Gasteiger partial charge is 0.155 e. The average Bonchev–Trinajstić information content (AvgIpc) is 2.77. The molecular weight excluding hydrogens is 272 g/mol. The van der Waals surface area contributed by atoms with Crippen molar-refractivity contribution in [3.8, 4) is 0 Å². The molecule has 120 valence electrons. The molecule has 0 aromatic heterocycles. The summed E-state index contributed by atoms with van der Waals surface area (Å²) in [6.45, 7) is 6.94. The zero-order valence-corrected chi connectivity index (χ0v) is 14.2. The van der Waals surface area contributed by atoms with Crippen LogP contribution < -0.4 is 0 Å². The maximum absolute atomic E-state index is 12.4. The molecule has 0 unspecified atom stereocenters. The number of allylic oxidation sites excluding steroid dienone is 1. The van der Waals surface area contributed by atoms with Crippen LogP contribution in [0.25, 0.3) is 0 Å². The minimum atomic E-state index is -0.0352. The third kappa shape index (κ3) is 1.67. The topological polar surface area (TPSA) is 34.1 Å². The highest BCUT2D eigenvalue weighted by atomic mass is 16.1. The quantitative estimate of drug-likeness (QED) is 0.667. The first-order valence-corrected chi connectivity index (χ1v) is 9.14. The van der Waals surface area contributed by atoms with Crippen molar-refractivity contribution < 1.29 is 9.59 Å². The van der Waals surface area contributed by atoms with Gasteiger partial charge in [0, 0.05) is 18.3 Å². The summed E-state index contributed by atoms with van der Waals surface area (Å²) >= 11 is 0. The number of carbonyl (C=O) groups is 2. The molecule has 0 saturated heterocycles. The van der Waals surface area contributed by atoms with Crippen LogP contribution in [-0.2, 0) is 9.59 Å². The third-order valence-corrected chi connectivity index (χ3v) is 8.22. The van der Waals surface area contributed by atoms with Crippen LogP contribution in [0.3, 0.4) is 0 Å². The molecule has 0 aliphatic heterocycles. The first-order chi connectivity index (χ1) is 10.4. The van der Waals surface area contributed by atoms with Gasteiger partial charge in [0.05, 0.1) is 0 Å². The van der Waals surface area contributed by atoms with Crippen LogP contribution in [0, 0.1) is 34.5 Å². The Balaban J connectivity index is 1.73. The first-order valence-electron chi connectivity index (χ1n) is 9.14. The number of ketones is 2. The van der Waals surface area contributed by atoms with Gasteiger partial charge in [0.1, 0.15) is 5.78 Å². The number of carbonyl (C=O) groups excluding carboxylic acids is 2. The van der Waals surface area contributed by atoms with Gasteiger partial charge in [-0.15, -0.1) is 0 Å². The molecule has 3 fully saturated rings. The predicted molar refractivity (Wildman–Crippen MR) is 86.3 cm³/mol. The Morgan fingerprint density at radius 3 is 2.59 bits per heavy atom. The molecule has 2 nitrogen and oxygen atoms in total. The molecule has 0 N–H and O–H groups in total. The second-order valence-electron chi connectivity index (χ2n) is 8.86.